The highest BCUT2D eigenvalue weighted by molar-refractivity contribution is 9.10. The third-order valence-corrected chi connectivity index (χ3v) is 15.8. The molecule has 4 aliphatic rings. The van der Waals surface area contributed by atoms with E-state index in [-0.39, 0.29) is 17.3 Å². The van der Waals surface area contributed by atoms with Gasteiger partial charge in [-0.15, -0.1) is 0 Å². The van der Waals surface area contributed by atoms with Crippen molar-refractivity contribution in [3.05, 3.63) is 88.9 Å². The van der Waals surface area contributed by atoms with Crippen molar-refractivity contribution in [3.8, 4) is 17.3 Å². The monoisotopic (exact) mass is 859 g/mol. The molecule has 2 saturated carbocycles. The smallest absolute Gasteiger partial charge is 0.254 e. The Kier molecular flexibility index (Phi) is 8.81. The first-order valence-corrected chi connectivity index (χ1v) is 22.1. The number of carbonyl (C=O) groups excluding carboxylic acids is 1. The number of aryl methyl sites for hydroxylation is 1. The Morgan fingerprint density at radius 1 is 1.02 bits per heavy atom. The second-order valence-electron chi connectivity index (χ2n) is 16.6. The summed E-state index contributed by atoms with van der Waals surface area (Å²) in [5, 5.41) is 0.354. The van der Waals surface area contributed by atoms with Crippen LogP contribution in [-0.2, 0) is 22.9 Å². The lowest BCUT2D eigenvalue weighted by Gasteiger charge is -2.32. The zero-order chi connectivity index (χ0) is 40.1. The van der Waals surface area contributed by atoms with Gasteiger partial charge in [-0.3, -0.25) is 4.79 Å². The number of ether oxygens (including phenoxy) is 1. The molecule has 2 N–H and O–H groups in total. The van der Waals surface area contributed by atoms with Crippen LogP contribution in [0.15, 0.2) is 82.4 Å². The summed E-state index contributed by atoms with van der Waals surface area (Å²) >= 11 is 3.40. The van der Waals surface area contributed by atoms with Crippen LogP contribution in [0.1, 0.15) is 48.3 Å². The van der Waals surface area contributed by atoms with Crippen LogP contribution in [0.5, 0.6) is 5.75 Å². The molecule has 1 amide bonds. The van der Waals surface area contributed by atoms with Crippen LogP contribution in [0.4, 0.5) is 5.82 Å². The molecule has 296 valence electrons. The highest BCUT2D eigenvalue weighted by Crippen LogP contribution is 2.50. The van der Waals surface area contributed by atoms with Gasteiger partial charge < -0.3 is 29.4 Å². The van der Waals surface area contributed by atoms with Crippen LogP contribution in [0.2, 0.25) is 5.31 Å². The number of amides is 1. The van der Waals surface area contributed by atoms with Gasteiger partial charge in [-0.2, -0.15) is 0 Å². The van der Waals surface area contributed by atoms with Gasteiger partial charge in [0, 0.05) is 66.5 Å². The van der Waals surface area contributed by atoms with Gasteiger partial charge in [0.1, 0.15) is 33.4 Å². The van der Waals surface area contributed by atoms with Crippen molar-refractivity contribution in [3.63, 3.8) is 0 Å². The van der Waals surface area contributed by atoms with Crippen molar-refractivity contribution < 1.29 is 17.9 Å². The highest BCUT2D eigenvalue weighted by atomic mass is 79.9. The van der Waals surface area contributed by atoms with Crippen molar-refractivity contribution in [2.45, 2.75) is 73.2 Å². The molecule has 16 heteroatoms. The average molecular weight is 861 g/mol. The van der Waals surface area contributed by atoms with E-state index >= 15 is 0 Å². The fraction of sp³-hybridized carbons (Fsp3) is 0.405. The molecule has 58 heavy (non-hydrogen) atoms. The van der Waals surface area contributed by atoms with Gasteiger partial charge in [0.15, 0.2) is 15.7 Å². The number of fused-ring (bicyclic) bond motifs is 4. The molecule has 6 aromatic rings. The van der Waals surface area contributed by atoms with E-state index in [0.29, 0.717) is 66.7 Å². The third kappa shape index (κ3) is 5.96. The molecule has 2 aliphatic heterocycles. The van der Waals surface area contributed by atoms with Gasteiger partial charge in [-0.1, -0.05) is 15.9 Å². The number of aromatic nitrogens is 6. The lowest BCUT2D eigenvalue weighted by molar-refractivity contribution is 0.0697. The number of benzene rings is 2. The van der Waals surface area contributed by atoms with Gasteiger partial charge >= 0.3 is 0 Å². The van der Waals surface area contributed by atoms with Crippen molar-refractivity contribution in [1.29, 1.82) is 0 Å². The molecule has 13 nitrogen and oxygen atoms in total. The number of anilines is 1. The van der Waals surface area contributed by atoms with Gasteiger partial charge in [0.25, 0.3) is 5.91 Å². The summed E-state index contributed by atoms with van der Waals surface area (Å²) in [6.07, 6.45) is 7.75. The third-order valence-electron chi connectivity index (χ3n) is 12.8. The number of nitrogens with zero attached hydrogens (tertiary/aromatic N) is 8. The van der Waals surface area contributed by atoms with E-state index < -0.39 is 32.0 Å². The maximum absolute atomic E-state index is 14.7. The molecule has 2 aliphatic carbocycles. The molecule has 6 heterocycles. The van der Waals surface area contributed by atoms with Crippen molar-refractivity contribution in [2.75, 3.05) is 31.6 Å². The molecule has 4 atom stereocenters. The molecule has 4 fully saturated rings. The number of halogens is 1. The summed E-state index contributed by atoms with van der Waals surface area (Å²) in [4.78, 5) is 36.1. The van der Waals surface area contributed by atoms with E-state index in [1.807, 2.05) is 25.3 Å². The summed E-state index contributed by atoms with van der Waals surface area (Å²) in [6, 6.07) is 17.4. The quantitative estimate of drug-likeness (QED) is 0.164. The molecule has 10 rings (SSSR count). The fourth-order valence-corrected chi connectivity index (χ4v) is 12.1. The molecule has 2 radical (unpaired) electrons. The minimum Gasteiger partial charge on any atom is -0.494 e. The Balaban J connectivity index is 1.07. The number of sulfone groups is 1. The summed E-state index contributed by atoms with van der Waals surface area (Å²) in [6.45, 7) is 4.65. The molecule has 0 spiro atoms. The van der Waals surface area contributed by atoms with Crippen LogP contribution >= 0.6 is 15.9 Å². The van der Waals surface area contributed by atoms with E-state index in [2.05, 4.69) is 52.1 Å². The SMILES string of the molecule is [B][C@@]1(Cn2c(-c3cc4cccnc4n3CC3CC3)nc3cc(C(=O)N4CC5CCC4[C@]5(N)S(=O)(=O)c4ccc(Br)cc4)cc(OC)c32)CCN(c2ccnc(C)n2)C1. The van der Waals surface area contributed by atoms with Crippen molar-refractivity contribution in [1.82, 2.24) is 34.0 Å². The first-order chi connectivity index (χ1) is 27.9. The van der Waals surface area contributed by atoms with E-state index in [9.17, 15) is 13.2 Å². The second-order valence-corrected chi connectivity index (χ2v) is 19.7. The maximum Gasteiger partial charge on any atom is 0.254 e. The lowest BCUT2D eigenvalue weighted by atomic mass is 9.68. The Morgan fingerprint density at radius 2 is 1.83 bits per heavy atom. The highest BCUT2D eigenvalue weighted by Gasteiger charge is 2.64. The van der Waals surface area contributed by atoms with E-state index in [0.717, 1.165) is 45.6 Å². The summed E-state index contributed by atoms with van der Waals surface area (Å²) in [7, 11) is 4.94. The maximum atomic E-state index is 14.7. The van der Waals surface area contributed by atoms with Gasteiger partial charge in [0.2, 0.25) is 0 Å². The predicted octanol–water partition coefficient (Wildman–Crippen LogP) is 5.93. The van der Waals surface area contributed by atoms with Crippen LogP contribution in [0.25, 0.3) is 33.6 Å². The Bertz CT molecular complexity index is 2740. The molecule has 4 aromatic heterocycles. The lowest BCUT2D eigenvalue weighted by Crippen LogP contribution is -2.57. The number of hydrogen-bond donors (Lipinski definition) is 1. The molecular weight excluding hydrogens is 817 g/mol. The number of pyridine rings is 1. The van der Waals surface area contributed by atoms with Gasteiger partial charge in [-0.05, 0) is 111 Å². The molecule has 2 aromatic carbocycles. The minimum atomic E-state index is -3.99. The van der Waals surface area contributed by atoms with E-state index in [1.165, 1.54) is 12.8 Å². The number of nitrogens with two attached hydrogens (primary N) is 1. The fourth-order valence-electron chi connectivity index (χ4n) is 9.72. The molecule has 2 bridgehead atoms. The van der Waals surface area contributed by atoms with Crippen molar-refractivity contribution >= 4 is 67.4 Å². The Hall–Kier alpha value is -4.80. The van der Waals surface area contributed by atoms with Crippen molar-refractivity contribution in [2.24, 2.45) is 17.6 Å². The number of rotatable bonds is 10. The number of carbonyl (C=O) groups is 1. The zero-order valence-electron chi connectivity index (χ0n) is 32.4. The number of piperidine rings is 1. The first kappa shape index (κ1) is 37.5. The largest absolute Gasteiger partial charge is 0.494 e. The summed E-state index contributed by atoms with van der Waals surface area (Å²) < 4.78 is 39.7. The van der Waals surface area contributed by atoms with Crippen LogP contribution in [-0.4, -0.2) is 93.8 Å². The number of methoxy groups -OCH3 is 1. The summed E-state index contributed by atoms with van der Waals surface area (Å²) in [5.41, 5.74) is 10.4. The van der Waals surface area contributed by atoms with Crippen LogP contribution in [0, 0.1) is 18.8 Å². The second kappa shape index (κ2) is 13.6. The van der Waals surface area contributed by atoms with Crippen LogP contribution < -0.4 is 15.4 Å². The minimum absolute atomic E-state index is 0.148. The Labute approximate surface area is 346 Å². The number of imidazole rings is 1. The van der Waals surface area contributed by atoms with E-state index in [1.54, 1.807) is 54.6 Å². The van der Waals surface area contributed by atoms with Crippen LogP contribution in [0.3, 0.4) is 0 Å². The molecule has 2 saturated heterocycles. The number of hydrogen-bond acceptors (Lipinski definition) is 10. The Morgan fingerprint density at radius 3 is 2.59 bits per heavy atom. The molecular formula is C42H43BBrN9O4S. The standard InChI is InChI=1S/C42H43BBrN9O4S/c1-25-46-16-13-36(48-25)50-17-14-41(43,23-50)24-53-37-32(49-39(53)33-19-27-4-3-15-47-38(27)51(33)21-26-5-6-26)18-28(20-34(37)57-2)40(54)52-22-29-7-12-35(52)42(29,45)58(55,56)31-10-8-30(44)9-11-31/h3-4,8-11,13,15-16,18-20,26,29,35H,5-7,12,14,17,21-24,45H2,1-2H3/t29?,35?,41-,42+/m0/s1. The topological polar surface area (TPSA) is 154 Å². The number of likely N-dealkylation sites (tertiary alicyclic amines) is 1. The van der Waals surface area contributed by atoms with Gasteiger partial charge in [0.05, 0.1) is 37.1 Å². The van der Waals surface area contributed by atoms with E-state index in [4.69, 9.17) is 28.3 Å². The van der Waals surface area contributed by atoms with Gasteiger partial charge in [-0.25, -0.2) is 28.4 Å². The first-order valence-electron chi connectivity index (χ1n) is 19.8. The summed E-state index contributed by atoms with van der Waals surface area (Å²) in [5.74, 6) is 2.56. The normalized spacial score (nSPS) is 24.4. The zero-order valence-corrected chi connectivity index (χ0v) is 34.8. The average Bonchev–Trinajstić information content (AvgIpc) is 3.43. The molecule has 2 unspecified atom stereocenters. The predicted molar refractivity (Wildman–Crippen MR) is 226 cm³/mol.